The first-order valence-corrected chi connectivity index (χ1v) is 9.39. The molecular formula is C17H23NO3S. The molecular weight excluding hydrogens is 298 g/mol. The van der Waals surface area contributed by atoms with E-state index < -0.39 is 9.84 Å². The van der Waals surface area contributed by atoms with Crippen molar-refractivity contribution in [3.63, 3.8) is 0 Å². The molecule has 0 saturated carbocycles. The molecule has 1 heterocycles. The molecule has 22 heavy (non-hydrogen) atoms. The van der Waals surface area contributed by atoms with E-state index >= 15 is 0 Å². The third kappa shape index (κ3) is 3.84. The van der Waals surface area contributed by atoms with E-state index in [4.69, 9.17) is 0 Å². The Hall–Kier alpha value is -1.46. The van der Waals surface area contributed by atoms with E-state index in [2.05, 4.69) is 18.0 Å². The first kappa shape index (κ1) is 16.9. The third-order valence-electron chi connectivity index (χ3n) is 4.37. The maximum absolute atomic E-state index is 11.5. The van der Waals surface area contributed by atoms with E-state index in [1.165, 1.54) is 6.26 Å². The van der Waals surface area contributed by atoms with Crippen LogP contribution in [0.5, 0.6) is 0 Å². The molecule has 0 amide bonds. The van der Waals surface area contributed by atoms with Gasteiger partial charge in [-0.1, -0.05) is 25.1 Å². The summed E-state index contributed by atoms with van der Waals surface area (Å²) in [5, 5.41) is 9.27. The van der Waals surface area contributed by atoms with Crippen LogP contribution in [0, 0.1) is 5.92 Å². The molecule has 2 rings (SSSR count). The first-order valence-electron chi connectivity index (χ1n) is 7.50. The zero-order valence-corrected chi connectivity index (χ0v) is 13.9. The fourth-order valence-electron chi connectivity index (χ4n) is 2.84. The van der Waals surface area contributed by atoms with E-state index in [0.29, 0.717) is 17.2 Å². The Balaban J connectivity index is 2.00. The van der Waals surface area contributed by atoms with Crippen LogP contribution in [0.3, 0.4) is 0 Å². The van der Waals surface area contributed by atoms with Crippen LogP contribution in [0.2, 0.25) is 0 Å². The van der Waals surface area contributed by atoms with Gasteiger partial charge in [0.1, 0.15) is 0 Å². The topological polar surface area (TPSA) is 66.7 Å². The summed E-state index contributed by atoms with van der Waals surface area (Å²) in [4.78, 5) is 4.89. The summed E-state index contributed by atoms with van der Waals surface area (Å²) in [6, 6.07) is 7.06. The van der Waals surface area contributed by atoms with E-state index in [9.17, 15) is 13.5 Å². The van der Waals surface area contributed by atoms with Crippen LogP contribution in [0.1, 0.15) is 25.3 Å². The number of aliphatic hydroxyl groups excluding tert-OH is 1. The molecule has 1 aromatic carbocycles. The lowest BCUT2D eigenvalue weighted by molar-refractivity contribution is 0.224. The van der Waals surface area contributed by atoms with Crippen molar-refractivity contribution >= 4 is 16.1 Å². The average Bonchev–Trinajstić information content (AvgIpc) is 2.94. The minimum absolute atomic E-state index is 0.120. The quantitative estimate of drug-likeness (QED) is 0.838. The zero-order chi connectivity index (χ0) is 16.2. The Morgan fingerprint density at radius 3 is 2.45 bits per heavy atom. The predicted octanol–water partition coefficient (Wildman–Crippen LogP) is 2.42. The second-order valence-electron chi connectivity index (χ2n) is 5.96. The molecule has 5 heteroatoms. The molecule has 0 saturated heterocycles. The van der Waals surface area contributed by atoms with E-state index in [0.717, 1.165) is 18.4 Å². The van der Waals surface area contributed by atoms with Crippen LogP contribution >= 0.6 is 0 Å². The number of benzene rings is 1. The number of sulfone groups is 1. The number of aryl methyl sites for hydroxylation is 1. The van der Waals surface area contributed by atoms with Gasteiger partial charge in [0, 0.05) is 19.1 Å². The maximum Gasteiger partial charge on any atom is 0.175 e. The monoisotopic (exact) mass is 321 g/mol. The lowest BCUT2D eigenvalue weighted by Gasteiger charge is -2.30. The van der Waals surface area contributed by atoms with Gasteiger partial charge >= 0.3 is 0 Å². The van der Waals surface area contributed by atoms with Gasteiger partial charge in [0.05, 0.1) is 10.4 Å². The molecule has 1 N–H and O–H groups in total. The van der Waals surface area contributed by atoms with Crippen molar-refractivity contribution in [2.45, 2.75) is 36.6 Å². The molecule has 0 aromatic heterocycles. The smallest absolute Gasteiger partial charge is 0.175 e. The summed E-state index contributed by atoms with van der Waals surface area (Å²) in [7, 11) is -3.14. The van der Waals surface area contributed by atoms with Gasteiger partial charge in [-0.2, -0.15) is 0 Å². The Bertz CT molecular complexity index is 648. The second kappa shape index (κ2) is 6.75. The number of allylic oxidation sites excluding steroid dienone is 1. The number of hydrogen-bond donors (Lipinski definition) is 1. The lowest BCUT2D eigenvalue weighted by atomic mass is 9.80. The van der Waals surface area contributed by atoms with Crippen LogP contribution in [0.25, 0.3) is 0 Å². The number of hydrogen-bond acceptors (Lipinski definition) is 4. The summed E-state index contributed by atoms with van der Waals surface area (Å²) in [6.45, 7) is 2.27. The van der Waals surface area contributed by atoms with Gasteiger partial charge in [0.2, 0.25) is 0 Å². The highest BCUT2D eigenvalue weighted by Crippen LogP contribution is 2.33. The van der Waals surface area contributed by atoms with Crippen molar-refractivity contribution in [1.82, 2.24) is 0 Å². The molecule has 2 atom stereocenters. The van der Waals surface area contributed by atoms with Crippen LogP contribution < -0.4 is 0 Å². The summed E-state index contributed by atoms with van der Waals surface area (Å²) in [5.74, 6) is 0.309. The minimum Gasteiger partial charge on any atom is -0.396 e. The zero-order valence-electron chi connectivity index (χ0n) is 13.1. The molecule has 0 bridgehead atoms. The summed E-state index contributed by atoms with van der Waals surface area (Å²) < 4.78 is 22.9. The van der Waals surface area contributed by atoms with Gasteiger partial charge in [-0.05, 0) is 49.0 Å². The first-order chi connectivity index (χ1) is 10.4. The number of nitrogens with zero attached hydrogens (tertiary/aromatic N) is 1. The van der Waals surface area contributed by atoms with Crippen LogP contribution in [-0.4, -0.2) is 38.1 Å². The van der Waals surface area contributed by atoms with Gasteiger partial charge in [0.25, 0.3) is 0 Å². The molecule has 1 aliphatic heterocycles. The number of aliphatic hydroxyl groups is 1. The molecule has 0 aliphatic carbocycles. The van der Waals surface area contributed by atoms with Crippen molar-refractivity contribution in [2.24, 2.45) is 10.9 Å². The van der Waals surface area contributed by atoms with Crippen LogP contribution in [-0.2, 0) is 16.3 Å². The van der Waals surface area contributed by atoms with Gasteiger partial charge in [0.15, 0.2) is 9.84 Å². The Morgan fingerprint density at radius 2 is 1.95 bits per heavy atom. The molecule has 0 fully saturated rings. The summed E-state index contributed by atoms with van der Waals surface area (Å²) in [5.41, 5.74) is 0.825. The van der Waals surface area contributed by atoms with Crippen molar-refractivity contribution in [3.05, 3.63) is 42.0 Å². The van der Waals surface area contributed by atoms with Gasteiger partial charge in [-0.15, -0.1) is 0 Å². The molecule has 120 valence electrons. The van der Waals surface area contributed by atoms with Gasteiger partial charge in [-0.3, -0.25) is 4.99 Å². The molecule has 1 aliphatic rings. The summed E-state index contributed by atoms with van der Waals surface area (Å²) >= 11 is 0. The fourth-order valence-corrected chi connectivity index (χ4v) is 3.47. The Labute approximate surface area is 132 Å². The normalized spacial score (nSPS) is 22.1. The van der Waals surface area contributed by atoms with Crippen LogP contribution in [0.4, 0.5) is 0 Å². The standard InChI is InChI=1S/C17H23NO3S/c1-14(17(11-13-19)10-3-12-18-17)4-5-15-6-8-16(9-7-15)22(2,20)21/h3,6-10,12,14,19H,4-5,11,13H2,1-2H3. The highest BCUT2D eigenvalue weighted by Gasteiger charge is 2.33. The fraction of sp³-hybridized carbons (Fsp3) is 0.471. The van der Waals surface area contributed by atoms with Gasteiger partial charge in [-0.25, -0.2) is 8.42 Å². The SMILES string of the molecule is CC(CCc1ccc(S(C)(=O)=O)cc1)C1(CCO)C=CC=N1. The molecule has 1 aromatic rings. The number of rotatable bonds is 7. The summed E-state index contributed by atoms with van der Waals surface area (Å²) in [6.07, 6.45) is 9.45. The minimum atomic E-state index is -3.14. The van der Waals surface area contributed by atoms with E-state index in [1.54, 1.807) is 18.3 Å². The third-order valence-corrected chi connectivity index (χ3v) is 5.50. The van der Waals surface area contributed by atoms with Crippen molar-refractivity contribution in [2.75, 3.05) is 12.9 Å². The maximum atomic E-state index is 11.5. The highest BCUT2D eigenvalue weighted by atomic mass is 32.2. The van der Waals surface area contributed by atoms with E-state index in [-0.39, 0.29) is 12.1 Å². The van der Waals surface area contributed by atoms with Crippen molar-refractivity contribution in [1.29, 1.82) is 0 Å². The average molecular weight is 321 g/mol. The molecule has 0 radical (unpaired) electrons. The lowest BCUT2D eigenvalue weighted by Crippen LogP contribution is -2.32. The Morgan fingerprint density at radius 1 is 1.27 bits per heavy atom. The van der Waals surface area contributed by atoms with Gasteiger partial charge < -0.3 is 5.11 Å². The van der Waals surface area contributed by atoms with Crippen molar-refractivity contribution in [3.8, 4) is 0 Å². The highest BCUT2D eigenvalue weighted by molar-refractivity contribution is 7.90. The molecule has 2 unspecified atom stereocenters. The predicted molar refractivity (Wildman–Crippen MR) is 89.1 cm³/mol. The molecule has 0 spiro atoms. The second-order valence-corrected chi connectivity index (χ2v) is 7.97. The van der Waals surface area contributed by atoms with Crippen molar-refractivity contribution < 1.29 is 13.5 Å². The largest absolute Gasteiger partial charge is 0.396 e. The molecule has 4 nitrogen and oxygen atoms in total. The number of aliphatic imine (C=N–C) groups is 1. The Kier molecular flexibility index (Phi) is 5.19. The van der Waals surface area contributed by atoms with Crippen LogP contribution in [0.15, 0.2) is 46.3 Å². The van der Waals surface area contributed by atoms with E-state index in [1.807, 2.05) is 18.2 Å².